The molecule has 6 nitrogen and oxygen atoms in total. The summed E-state index contributed by atoms with van der Waals surface area (Å²) >= 11 is 0. The number of phenolic OH excluding ortho intramolecular Hbond substituents is 1. The monoisotopic (exact) mass is 490 g/mol. The molecule has 1 N–H and O–H groups in total. The quantitative estimate of drug-likeness (QED) is 0.424. The van der Waals surface area contributed by atoms with Gasteiger partial charge in [0.05, 0.1) is 17.3 Å². The van der Waals surface area contributed by atoms with Crippen molar-refractivity contribution < 1.29 is 9.90 Å². The van der Waals surface area contributed by atoms with Gasteiger partial charge in [-0.05, 0) is 29.2 Å². The van der Waals surface area contributed by atoms with Gasteiger partial charge in [0.15, 0.2) is 5.78 Å². The number of aromatic hydroxyl groups is 1. The second kappa shape index (κ2) is 10.1. The first-order chi connectivity index (χ1) is 18.2. The highest BCUT2D eigenvalue weighted by Crippen LogP contribution is 2.36. The zero-order valence-corrected chi connectivity index (χ0v) is 20.7. The number of rotatable bonds is 5. The van der Waals surface area contributed by atoms with Crippen molar-refractivity contribution in [1.82, 2.24) is 14.9 Å². The summed E-state index contributed by atoms with van der Waals surface area (Å²) in [5, 5.41) is 10.3. The first-order valence-corrected chi connectivity index (χ1v) is 12.9. The summed E-state index contributed by atoms with van der Waals surface area (Å²) in [7, 11) is 0. The van der Waals surface area contributed by atoms with Gasteiger partial charge in [-0.15, -0.1) is 0 Å². The molecule has 1 aliphatic heterocycles. The van der Waals surface area contributed by atoms with Gasteiger partial charge in [-0.3, -0.25) is 9.69 Å². The highest BCUT2D eigenvalue weighted by atomic mass is 16.3. The van der Waals surface area contributed by atoms with E-state index in [0.29, 0.717) is 24.4 Å². The maximum absolute atomic E-state index is 12.9. The number of anilines is 1. The summed E-state index contributed by atoms with van der Waals surface area (Å²) < 4.78 is 0. The van der Waals surface area contributed by atoms with E-state index < -0.39 is 0 Å². The molecule has 0 saturated carbocycles. The van der Waals surface area contributed by atoms with E-state index in [4.69, 9.17) is 4.98 Å². The number of benzene rings is 3. The van der Waals surface area contributed by atoms with Crippen molar-refractivity contribution in [2.45, 2.75) is 24.8 Å². The number of hydrogen-bond acceptors (Lipinski definition) is 6. The van der Waals surface area contributed by atoms with E-state index in [0.717, 1.165) is 37.4 Å². The lowest BCUT2D eigenvalue weighted by molar-refractivity contribution is 0.0962. The summed E-state index contributed by atoms with van der Waals surface area (Å²) in [6, 6.07) is 28.8. The molecule has 1 aliphatic carbocycles. The molecule has 186 valence electrons. The minimum absolute atomic E-state index is 0.0411. The van der Waals surface area contributed by atoms with Crippen LogP contribution in [0.1, 0.15) is 51.1 Å². The molecule has 1 aromatic heterocycles. The van der Waals surface area contributed by atoms with Crippen LogP contribution in [0.4, 0.5) is 5.95 Å². The Morgan fingerprint density at radius 2 is 1.41 bits per heavy atom. The van der Waals surface area contributed by atoms with Gasteiger partial charge in [-0.2, -0.15) is 0 Å². The molecular formula is C31H30N4O2. The third kappa shape index (κ3) is 4.72. The molecule has 1 saturated heterocycles. The number of nitrogens with zero attached hydrogens (tertiary/aromatic N) is 4. The van der Waals surface area contributed by atoms with E-state index in [-0.39, 0.29) is 23.5 Å². The number of carbonyl (C=O) groups is 1. The maximum atomic E-state index is 12.9. The van der Waals surface area contributed by atoms with Crippen molar-refractivity contribution in [2.24, 2.45) is 0 Å². The number of aromatic nitrogens is 2. The molecule has 6 heteroatoms. The van der Waals surface area contributed by atoms with Gasteiger partial charge in [0, 0.05) is 44.7 Å². The molecule has 2 aliphatic rings. The normalized spacial score (nSPS) is 18.1. The van der Waals surface area contributed by atoms with Crippen molar-refractivity contribution in [1.29, 1.82) is 0 Å². The maximum Gasteiger partial charge on any atom is 0.225 e. The fourth-order valence-corrected chi connectivity index (χ4v) is 5.70. The predicted octanol–water partition coefficient (Wildman–Crippen LogP) is 5.01. The molecular weight excluding hydrogens is 460 g/mol. The highest BCUT2D eigenvalue weighted by molar-refractivity contribution is 5.98. The van der Waals surface area contributed by atoms with Crippen molar-refractivity contribution in [2.75, 3.05) is 31.1 Å². The van der Waals surface area contributed by atoms with Crippen LogP contribution < -0.4 is 4.90 Å². The molecule has 0 amide bonds. The Labute approximate surface area is 217 Å². The van der Waals surface area contributed by atoms with Crippen LogP contribution in [-0.2, 0) is 6.42 Å². The van der Waals surface area contributed by atoms with Crippen LogP contribution in [0.25, 0.3) is 0 Å². The highest BCUT2D eigenvalue weighted by Gasteiger charge is 2.31. The summed E-state index contributed by atoms with van der Waals surface area (Å²) in [6.07, 6.45) is 2.69. The van der Waals surface area contributed by atoms with E-state index in [1.165, 1.54) is 11.1 Å². The van der Waals surface area contributed by atoms with E-state index >= 15 is 0 Å². The Balaban J connectivity index is 1.21. The van der Waals surface area contributed by atoms with Crippen LogP contribution in [0.2, 0.25) is 0 Å². The number of Topliss-reactive ketones (excluding diaryl/α,β-unsaturated/α-hetero) is 1. The molecule has 1 atom stereocenters. The second-order valence-corrected chi connectivity index (χ2v) is 9.86. The lowest BCUT2D eigenvalue weighted by Crippen LogP contribution is -2.48. The number of fused-ring (bicyclic) bond motifs is 1. The molecule has 2 heterocycles. The summed E-state index contributed by atoms with van der Waals surface area (Å²) in [5.41, 5.74) is 4.79. The van der Waals surface area contributed by atoms with Crippen LogP contribution in [0.3, 0.4) is 0 Å². The van der Waals surface area contributed by atoms with Crippen molar-refractivity contribution in [3.63, 3.8) is 0 Å². The van der Waals surface area contributed by atoms with E-state index in [9.17, 15) is 9.90 Å². The standard InChI is InChI=1S/C31H30N4O2/c36-28-14-8-7-13-25(28)24-19-27-26(29(37)20-24)21-32-31(33-27)35-17-15-34(16-18-35)30(22-9-3-1-4-10-22)23-11-5-2-6-12-23/h1-14,21,24,30,36H,15-20H2/t24-/m0/s1. The topological polar surface area (TPSA) is 69.6 Å². The summed E-state index contributed by atoms with van der Waals surface area (Å²) in [6.45, 7) is 3.39. The minimum Gasteiger partial charge on any atom is -0.508 e. The first kappa shape index (κ1) is 23.4. The largest absolute Gasteiger partial charge is 0.508 e. The van der Waals surface area contributed by atoms with E-state index in [1.807, 2.05) is 12.1 Å². The number of hydrogen-bond donors (Lipinski definition) is 1. The molecule has 4 aromatic rings. The van der Waals surface area contributed by atoms with Crippen LogP contribution >= 0.6 is 0 Å². The fraction of sp³-hybridized carbons (Fsp3) is 0.258. The SMILES string of the molecule is O=C1C[C@@H](c2ccccc2O)Cc2nc(N3CCN(C(c4ccccc4)c4ccccc4)CC3)ncc21. The molecule has 3 aromatic carbocycles. The van der Waals surface area contributed by atoms with Crippen molar-refractivity contribution in [3.05, 3.63) is 119 Å². The predicted molar refractivity (Wildman–Crippen MR) is 144 cm³/mol. The van der Waals surface area contributed by atoms with Gasteiger partial charge < -0.3 is 10.0 Å². The average Bonchev–Trinajstić information content (AvgIpc) is 2.95. The van der Waals surface area contributed by atoms with Crippen LogP contribution in [0.15, 0.2) is 91.1 Å². The Kier molecular flexibility index (Phi) is 6.41. The van der Waals surface area contributed by atoms with Gasteiger partial charge in [0.1, 0.15) is 5.75 Å². The van der Waals surface area contributed by atoms with Crippen LogP contribution in [0.5, 0.6) is 5.75 Å². The Morgan fingerprint density at radius 3 is 2.05 bits per heavy atom. The van der Waals surface area contributed by atoms with Crippen LogP contribution in [-0.4, -0.2) is 51.9 Å². The lowest BCUT2D eigenvalue weighted by Gasteiger charge is -2.40. The Bertz CT molecular complexity index is 1350. The first-order valence-electron chi connectivity index (χ1n) is 12.9. The second-order valence-electron chi connectivity index (χ2n) is 9.86. The number of para-hydroxylation sites is 1. The Morgan fingerprint density at radius 1 is 0.784 bits per heavy atom. The number of phenols is 1. The summed E-state index contributed by atoms with van der Waals surface area (Å²) in [4.78, 5) is 27.1. The van der Waals surface area contributed by atoms with Crippen LogP contribution in [0, 0.1) is 0 Å². The number of carbonyl (C=O) groups excluding carboxylic acids is 1. The zero-order chi connectivity index (χ0) is 25.2. The van der Waals surface area contributed by atoms with Gasteiger partial charge in [0.2, 0.25) is 5.95 Å². The molecule has 0 spiro atoms. The number of ketones is 1. The van der Waals surface area contributed by atoms with E-state index in [2.05, 4.69) is 75.4 Å². The number of piperazine rings is 1. The molecule has 1 fully saturated rings. The van der Waals surface area contributed by atoms with Gasteiger partial charge >= 0.3 is 0 Å². The fourth-order valence-electron chi connectivity index (χ4n) is 5.70. The Hall–Kier alpha value is -4.03. The third-order valence-electron chi connectivity index (χ3n) is 7.60. The molecule has 0 unspecified atom stereocenters. The molecule has 0 radical (unpaired) electrons. The molecule has 0 bridgehead atoms. The van der Waals surface area contributed by atoms with Gasteiger partial charge in [-0.1, -0.05) is 78.9 Å². The van der Waals surface area contributed by atoms with E-state index in [1.54, 1.807) is 18.3 Å². The van der Waals surface area contributed by atoms with Crippen molar-refractivity contribution in [3.8, 4) is 5.75 Å². The van der Waals surface area contributed by atoms with Gasteiger partial charge in [-0.25, -0.2) is 9.97 Å². The lowest BCUT2D eigenvalue weighted by atomic mass is 9.82. The minimum atomic E-state index is -0.0710. The average molecular weight is 491 g/mol. The zero-order valence-electron chi connectivity index (χ0n) is 20.7. The van der Waals surface area contributed by atoms with Gasteiger partial charge in [0.25, 0.3) is 0 Å². The van der Waals surface area contributed by atoms with Crippen molar-refractivity contribution >= 4 is 11.7 Å². The molecule has 37 heavy (non-hydrogen) atoms. The smallest absolute Gasteiger partial charge is 0.225 e. The third-order valence-corrected chi connectivity index (χ3v) is 7.60. The molecule has 6 rings (SSSR count). The summed E-state index contributed by atoms with van der Waals surface area (Å²) in [5.74, 6) is 0.887.